The minimum absolute atomic E-state index is 0.0285. The summed E-state index contributed by atoms with van der Waals surface area (Å²) in [6, 6.07) is 1.88. The molecule has 1 fully saturated rings. The summed E-state index contributed by atoms with van der Waals surface area (Å²) in [6.45, 7) is 1.72. The number of rotatable bonds is 5. The number of ether oxygens (including phenoxy) is 1. The Morgan fingerprint density at radius 1 is 1.55 bits per heavy atom. The second-order valence-electron chi connectivity index (χ2n) is 4.65. The standard InChI is InChI=1S/C14H17NO4S/c16-13(17)4-3-10-6-12(20-9-10)7-15-14(18)11-2-1-5-19-8-11/h3-4,6,9,11H,1-2,5,7-8H2,(H,15,18)(H,16,17). The Labute approximate surface area is 121 Å². The quantitative estimate of drug-likeness (QED) is 0.813. The minimum Gasteiger partial charge on any atom is -0.478 e. The van der Waals surface area contributed by atoms with Crippen LogP contribution in [0.5, 0.6) is 0 Å². The zero-order chi connectivity index (χ0) is 14.4. The van der Waals surface area contributed by atoms with E-state index in [1.807, 2.05) is 11.4 Å². The summed E-state index contributed by atoms with van der Waals surface area (Å²) in [4.78, 5) is 23.3. The first-order chi connectivity index (χ1) is 9.65. The Kier molecular flexibility index (Phi) is 5.31. The molecule has 0 aromatic carbocycles. The Morgan fingerprint density at radius 2 is 2.40 bits per heavy atom. The molecule has 1 aromatic heterocycles. The van der Waals surface area contributed by atoms with E-state index in [9.17, 15) is 9.59 Å². The third-order valence-corrected chi connectivity index (χ3v) is 4.02. The highest BCUT2D eigenvalue weighted by Crippen LogP contribution is 2.17. The molecule has 20 heavy (non-hydrogen) atoms. The van der Waals surface area contributed by atoms with Crippen LogP contribution < -0.4 is 5.32 Å². The highest BCUT2D eigenvalue weighted by molar-refractivity contribution is 7.10. The molecule has 6 heteroatoms. The van der Waals surface area contributed by atoms with Gasteiger partial charge in [-0.05, 0) is 35.9 Å². The van der Waals surface area contributed by atoms with Gasteiger partial charge in [0.15, 0.2) is 0 Å². The maximum Gasteiger partial charge on any atom is 0.328 e. The van der Waals surface area contributed by atoms with Crippen molar-refractivity contribution < 1.29 is 19.4 Å². The zero-order valence-corrected chi connectivity index (χ0v) is 11.8. The number of carboxylic acids is 1. The first-order valence-electron chi connectivity index (χ1n) is 6.49. The molecule has 2 N–H and O–H groups in total. The highest BCUT2D eigenvalue weighted by atomic mass is 32.1. The number of thiophene rings is 1. The molecule has 1 saturated heterocycles. The van der Waals surface area contributed by atoms with Gasteiger partial charge in [-0.2, -0.15) is 0 Å². The lowest BCUT2D eigenvalue weighted by Crippen LogP contribution is -2.35. The van der Waals surface area contributed by atoms with Gasteiger partial charge in [-0.1, -0.05) is 0 Å². The van der Waals surface area contributed by atoms with E-state index in [0.717, 1.165) is 36.0 Å². The van der Waals surface area contributed by atoms with E-state index in [1.165, 1.54) is 11.3 Å². The molecule has 0 bridgehead atoms. The molecule has 1 aliphatic heterocycles. The van der Waals surface area contributed by atoms with Crippen LogP contribution in [-0.2, 0) is 20.9 Å². The SMILES string of the molecule is O=C(O)C=Cc1csc(CNC(=O)C2CCCOC2)c1. The Bertz CT molecular complexity index is 503. The summed E-state index contributed by atoms with van der Waals surface area (Å²) in [5.74, 6) is -0.987. The van der Waals surface area contributed by atoms with E-state index in [2.05, 4.69) is 5.32 Å². The van der Waals surface area contributed by atoms with Crippen molar-refractivity contribution >= 4 is 29.3 Å². The molecular formula is C14H17NO4S. The van der Waals surface area contributed by atoms with Gasteiger partial charge in [-0.25, -0.2) is 4.79 Å². The van der Waals surface area contributed by atoms with E-state index >= 15 is 0 Å². The predicted octanol–water partition coefficient (Wildman–Crippen LogP) is 1.89. The Balaban J connectivity index is 1.81. The lowest BCUT2D eigenvalue weighted by atomic mass is 10.0. The van der Waals surface area contributed by atoms with Crippen molar-refractivity contribution in [2.75, 3.05) is 13.2 Å². The minimum atomic E-state index is -0.969. The molecule has 1 aliphatic rings. The van der Waals surface area contributed by atoms with Crippen molar-refractivity contribution in [3.05, 3.63) is 28.0 Å². The lowest BCUT2D eigenvalue weighted by molar-refractivity contribution is -0.131. The van der Waals surface area contributed by atoms with Crippen LogP contribution in [0.3, 0.4) is 0 Å². The number of hydrogen-bond donors (Lipinski definition) is 2. The third-order valence-electron chi connectivity index (χ3n) is 3.06. The second kappa shape index (κ2) is 7.21. The van der Waals surface area contributed by atoms with Crippen LogP contribution in [0.1, 0.15) is 23.3 Å². The maximum atomic E-state index is 11.9. The topological polar surface area (TPSA) is 75.6 Å². The van der Waals surface area contributed by atoms with Gasteiger partial charge in [0.1, 0.15) is 0 Å². The van der Waals surface area contributed by atoms with Crippen LogP contribution in [0.2, 0.25) is 0 Å². The fourth-order valence-corrected chi connectivity index (χ4v) is 2.81. The third kappa shape index (κ3) is 4.47. The number of carbonyl (C=O) groups excluding carboxylic acids is 1. The molecule has 0 radical (unpaired) electrons. The zero-order valence-electron chi connectivity index (χ0n) is 11.0. The van der Waals surface area contributed by atoms with Crippen LogP contribution in [0, 0.1) is 5.92 Å². The first-order valence-corrected chi connectivity index (χ1v) is 7.37. The number of amides is 1. The predicted molar refractivity (Wildman–Crippen MR) is 76.4 cm³/mol. The van der Waals surface area contributed by atoms with Crippen molar-refractivity contribution in [2.24, 2.45) is 5.92 Å². The smallest absolute Gasteiger partial charge is 0.328 e. The van der Waals surface area contributed by atoms with Gasteiger partial charge >= 0.3 is 5.97 Å². The van der Waals surface area contributed by atoms with Gasteiger partial charge < -0.3 is 15.2 Å². The van der Waals surface area contributed by atoms with Crippen molar-refractivity contribution in [2.45, 2.75) is 19.4 Å². The number of aliphatic carboxylic acids is 1. The van der Waals surface area contributed by atoms with Crippen LogP contribution in [0.25, 0.3) is 6.08 Å². The van der Waals surface area contributed by atoms with E-state index in [-0.39, 0.29) is 11.8 Å². The Hall–Kier alpha value is -1.66. The summed E-state index contributed by atoms with van der Waals surface area (Å²) in [5, 5.41) is 13.3. The molecule has 5 nitrogen and oxygen atoms in total. The average Bonchev–Trinajstić information content (AvgIpc) is 2.91. The van der Waals surface area contributed by atoms with Crippen LogP contribution in [0.4, 0.5) is 0 Å². The molecule has 108 valence electrons. The molecule has 0 saturated carbocycles. The summed E-state index contributed by atoms with van der Waals surface area (Å²) in [5.41, 5.74) is 0.836. The van der Waals surface area contributed by atoms with Gasteiger partial charge in [-0.3, -0.25) is 4.79 Å². The van der Waals surface area contributed by atoms with Gasteiger partial charge in [0.25, 0.3) is 0 Å². The fourth-order valence-electron chi connectivity index (χ4n) is 2.01. The van der Waals surface area contributed by atoms with Gasteiger partial charge in [0, 0.05) is 17.6 Å². The number of carbonyl (C=O) groups is 2. The van der Waals surface area contributed by atoms with Gasteiger partial charge in [0.05, 0.1) is 19.1 Å². The molecule has 1 unspecified atom stereocenters. The van der Waals surface area contributed by atoms with Crippen molar-refractivity contribution in [1.29, 1.82) is 0 Å². The van der Waals surface area contributed by atoms with E-state index in [1.54, 1.807) is 6.08 Å². The van der Waals surface area contributed by atoms with Crippen molar-refractivity contribution in [1.82, 2.24) is 5.32 Å². The van der Waals surface area contributed by atoms with Crippen molar-refractivity contribution in [3.63, 3.8) is 0 Å². The summed E-state index contributed by atoms with van der Waals surface area (Å²) in [6.07, 6.45) is 4.45. The first kappa shape index (κ1) is 14.7. The van der Waals surface area contributed by atoms with Gasteiger partial charge in [0.2, 0.25) is 5.91 Å². The molecule has 1 aromatic rings. The largest absolute Gasteiger partial charge is 0.478 e. The normalized spacial score (nSPS) is 19.1. The van der Waals surface area contributed by atoms with E-state index in [0.29, 0.717) is 13.2 Å². The average molecular weight is 295 g/mol. The summed E-state index contributed by atoms with van der Waals surface area (Å²) < 4.78 is 5.29. The molecule has 1 amide bonds. The highest BCUT2D eigenvalue weighted by Gasteiger charge is 2.21. The summed E-state index contributed by atoms with van der Waals surface area (Å²) in [7, 11) is 0. The molecule has 2 rings (SSSR count). The van der Waals surface area contributed by atoms with Crippen LogP contribution >= 0.6 is 11.3 Å². The number of hydrogen-bond acceptors (Lipinski definition) is 4. The lowest BCUT2D eigenvalue weighted by Gasteiger charge is -2.20. The number of nitrogens with one attached hydrogen (secondary N) is 1. The monoisotopic (exact) mass is 295 g/mol. The fraction of sp³-hybridized carbons (Fsp3) is 0.429. The van der Waals surface area contributed by atoms with Gasteiger partial charge in [-0.15, -0.1) is 11.3 Å². The van der Waals surface area contributed by atoms with Crippen molar-refractivity contribution in [3.8, 4) is 0 Å². The van der Waals surface area contributed by atoms with Crippen LogP contribution in [0.15, 0.2) is 17.5 Å². The van der Waals surface area contributed by atoms with E-state index in [4.69, 9.17) is 9.84 Å². The van der Waals surface area contributed by atoms with E-state index < -0.39 is 5.97 Å². The molecule has 2 heterocycles. The molecular weight excluding hydrogens is 278 g/mol. The molecule has 0 spiro atoms. The summed E-state index contributed by atoms with van der Waals surface area (Å²) >= 11 is 1.50. The molecule has 1 atom stereocenters. The Morgan fingerprint density at radius 3 is 3.10 bits per heavy atom. The number of carboxylic acid groups (broad SMARTS) is 1. The second-order valence-corrected chi connectivity index (χ2v) is 5.65. The maximum absolute atomic E-state index is 11.9. The van der Waals surface area contributed by atoms with Crippen LogP contribution in [-0.4, -0.2) is 30.2 Å². The molecule has 0 aliphatic carbocycles.